The standard InChI is InChI=1S/C19H30N6O/c1-24-12-17(26)25(15-7-4-9-20-10-8-15)11-16-18(21-13-22-19(16)24)23-14-5-2-3-6-14/h13-15,20H,2-12H2,1H3,(H,21,22,23). The number of aromatic nitrogens is 2. The van der Waals surface area contributed by atoms with E-state index in [-0.39, 0.29) is 5.91 Å². The van der Waals surface area contributed by atoms with E-state index in [4.69, 9.17) is 0 Å². The van der Waals surface area contributed by atoms with E-state index in [2.05, 4.69) is 25.5 Å². The molecule has 0 radical (unpaired) electrons. The Morgan fingerprint density at radius 3 is 2.77 bits per heavy atom. The molecule has 0 bridgehead atoms. The minimum absolute atomic E-state index is 0.198. The predicted molar refractivity (Wildman–Crippen MR) is 102 cm³/mol. The van der Waals surface area contributed by atoms with Crippen molar-refractivity contribution in [1.82, 2.24) is 20.2 Å². The fraction of sp³-hybridized carbons (Fsp3) is 0.737. The van der Waals surface area contributed by atoms with Gasteiger partial charge in [0, 0.05) is 19.1 Å². The van der Waals surface area contributed by atoms with Gasteiger partial charge in [0.2, 0.25) is 5.91 Å². The molecule has 2 N–H and O–H groups in total. The van der Waals surface area contributed by atoms with Crippen molar-refractivity contribution < 1.29 is 4.79 Å². The number of nitrogens with zero attached hydrogens (tertiary/aromatic N) is 4. The van der Waals surface area contributed by atoms with Crippen molar-refractivity contribution in [2.24, 2.45) is 0 Å². The molecule has 1 aromatic rings. The molecular formula is C19H30N6O. The third-order valence-corrected chi connectivity index (χ3v) is 5.99. The molecule has 3 heterocycles. The Balaban J connectivity index is 1.63. The van der Waals surface area contributed by atoms with E-state index in [1.165, 1.54) is 25.7 Å². The molecule has 2 aliphatic heterocycles. The Kier molecular flexibility index (Phi) is 5.24. The maximum atomic E-state index is 13.0. The van der Waals surface area contributed by atoms with Gasteiger partial charge in [0.1, 0.15) is 18.0 Å². The lowest BCUT2D eigenvalue weighted by Crippen LogP contribution is -2.43. The van der Waals surface area contributed by atoms with Gasteiger partial charge in [-0.3, -0.25) is 4.79 Å². The maximum absolute atomic E-state index is 13.0. The quantitative estimate of drug-likeness (QED) is 0.858. The van der Waals surface area contributed by atoms with Crippen molar-refractivity contribution in [3.63, 3.8) is 0 Å². The minimum atomic E-state index is 0.198. The molecule has 1 atom stereocenters. The van der Waals surface area contributed by atoms with Crippen molar-refractivity contribution in [3.05, 3.63) is 11.9 Å². The summed E-state index contributed by atoms with van der Waals surface area (Å²) in [6.45, 7) is 3.03. The fourth-order valence-electron chi connectivity index (χ4n) is 4.54. The van der Waals surface area contributed by atoms with Gasteiger partial charge in [0.05, 0.1) is 18.7 Å². The van der Waals surface area contributed by atoms with E-state index < -0.39 is 0 Å². The van der Waals surface area contributed by atoms with Gasteiger partial charge in [0.15, 0.2) is 0 Å². The van der Waals surface area contributed by atoms with Gasteiger partial charge in [-0.2, -0.15) is 0 Å². The van der Waals surface area contributed by atoms with Crippen LogP contribution in [0.2, 0.25) is 0 Å². The van der Waals surface area contributed by atoms with Crippen LogP contribution in [-0.2, 0) is 11.3 Å². The highest BCUT2D eigenvalue weighted by Crippen LogP contribution is 2.31. The first-order valence-corrected chi connectivity index (χ1v) is 10.0. The molecule has 7 nitrogen and oxygen atoms in total. The van der Waals surface area contributed by atoms with Crippen LogP contribution in [0.4, 0.5) is 11.6 Å². The highest BCUT2D eigenvalue weighted by atomic mass is 16.2. The second kappa shape index (κ2) is 7.78. The molecule has 7 heteroatoms. The molecule has 0 spiro atoms. The van der Waals surface area contributed by atoms with Crippen molar-refractivity contribution in [2.75, 3.05) is 36.9 Å². The summed E-state index contributed by atoms with van der Waals surface area (Å²) in [6.07, 6.45) is 9.80. The summed E-state index contributed by atoms with van der Waals surface area (Å²) in [5, 5.41) is 7.09. The summed E-state index contributed by atoms with van der Waals surface area (Å²) >= 11 is 0. The summed E-state index contributed by atoms with van der Waals surface area (Å²) in [7, 11) is 1.96. The topological polar surface area (TPSA) is 73.4 Å². The summed E-state index contributed by atoms with van der Waals surface area (Å²) in [5.74, 6) is 2.01. The zero-order chi connectivity index (χ0) is 17.9. The first-order chi connectivity index (χ1) is 12.7. The van der Waals surface area contributed by atoms with Crippen LogP contribution in [0.25, 0.3) is 0 Å². The maximum Gasteiger partial charge on any atom is 0.242 e. The lowest BCUT2D eigenvalue weighted by Gasteiger charge is -2.30. The van der Waals surface area contributed by atoms with E-state index in [0.717, 1.165) is 49.6 Å². The van der Waals surface area contributed by atoms with Gasteiger partial charge < -0.3 is 20.4 Å². The number of hydrogen-bond donors (Lipinski definition) is 2. The average molecular weight is 358 g/mol. The molecule has 3 aliphatic rings. The predicted octanol–water partition coefficient (Wildman–Crippen LogP) is 1.75. The number of carbonyl (C=O) groups is 1. The third kappa shape index (κ3) is 3.63. The van der Waals surface area contributed by atoms with E-state index >= 15 is 0 Å². The molecule has 1 aromatic heterocycles. The van der Waals surface area contributed by atoms with Crippen LogP contribution in [0.15, 0.2) is 6.33 Å². The largest absolute Gasteiger partial charge is 0.367 e. The number of hydrogen-bond acceptors (Lipinski definition) is 6. The number of carbonyl (C=O) groups excluding carboxylic acids is 1. The molecule has 2 fully saturated rings. The van der Waals surface area contributed by atoms with Crippen LogP contribution in [0.1, 0.15) is 50.5 Å². The molecule has 142 valence electrons. The summed E-state index contributed by atoms with van der Waals surface area (Å²) in [4.78, 5) is 26.1. The molecule has 1 saturated carbocycles. The Morgan fingerprint density at radius 1 is 1.08 bits per heavy atom. The number of anilines is 2. The lowest BCUT2D eigenvalue weighted by molar-refractivity contribution is -0.132. The smallest absolute Gasteiger partial charge is 0.242 e. The van der Waals surface area contributed by atoms with Gasteiger partial charge >= 0.3 is 0 Å². The number of fused-ring (bicyclic) bond motifs is 1. The molecule has 1 saturated heterocycles. The lowest BCUT2D eigenvalue weighted by atomic mass is 10.1. The highest BCUT2D eigenvalue weighted by Gasteiger charge is 2.32. The fourth-order valence-corrected chi connectivity index (χ4v) is 4.54. The van der Waals surface area contributed by atoms with E-state index in [1.54, 1.807) is 6.33 Å². The molecular weight excluding hydrogens is 328 g/mol. The first-order valence-electron chi connectivity index (χ1n) is 10.0. The Bertz CT molecular complexity index is 637. The first kappa shape index (κ1) is 17.5. The molecule has 4 rings (SSSR count). The zero-order valence-electron chi connectivity index (χ0n) is 15.7. The van der Waals surface area contributed by atoms with E-state index in [0.29, 0.717) is 25.2 Å². The van der Waals surface area contributed by atoms with Gasteiger partial charge in [0.25, 0.3) is 0 Å². The van der Waals surface area contributed by atoms with E-state index in [1.807, 2.05) is 11.9 Å². The molecule has 0 aromatic carbocycles. The van der Waals surface area contributed by atoms with Crippen molar-refractivity contribution in [1.29, 1.82) is 0 Å². The summed E-state index contributed by atoms with van der Waals surface area (Å²) in [5.41, 5.74) is 1.07. The van der Waals surface area contributed by atoms with Crippen LogP contribution in [0.5, 0.6) is 0 Å². The average Bonchev–Trinajstić information content (AvgIpc) is 2.94. The zero-order valence-corrected chi connectivity index (χ0v) is 15.7. The molecule has 1 aliphatic carbocycles. The van der Waals surface area contributed by atoms with Crippen molar-refractivity contribution in [3.8, 4) is 0 Å². The number of nitrogens with one attached hydrogen (secondary N) is 2. The Morgan fingerprint density at radius 2 is 1.92 bits per heavy atom. The molecule has 1 amide bonds. The number of amides is 1. The van der Waals surface area contributed by atoms with E-state index in [9.17, 15) is 4.79 Å². The monoisotopic (exact) mass is 358 g/mol. The van der Waals surface area contributed by atoms with Crippen LogP contribution >= 0.6 is 0 Å². The van der Waals surface area contributed by atoms with Gasteiger partial charge in [-0.25, -0.2) is 9.97 Å². The van der Waals surface area contributed by atoms with Crippen molar-refractivity contribution in [2.45, 2.75) is 63.6 Å². The van der Waals surface area contributed by atoms with Crippen LogP contribution in [0.3, 0.4) is 0 Å². The second-order valence-corrected chi connectivity index (χ2v) is 7.86. The number of likely N-dealkylation sites (N-methyl/N-ethyl adjacent to an activating group) is 1. The minimum Gasteiger partial charge on any atom is -0.367 e. The van der Waals surface area contributed by atoms with Gasteiger partial charge in [-0.1, -0.05) is 12.8 Å². The van der Waals surface area contributed by atoms with Gasteiger partial charge in [-0.05, 0) is 45.2 Å². The Labute approximate surface area is 155 Å². The summed E-state index contributed by atoms with van der Waals surface area (Å²) < 4.78 is 0. The second-order valence-electron chi connectivity index (χ2n) is 7.86. The number of rotatable bonds is 3. The van der Waals surface area contributed by atoms with Crippen LogP contribution in [-0.4, -0.2) is 59.5 Å². The van der Waals surface area contributed by atoms with Gasteiger partial charge in [-0.15, -0.1) is 0 Å². The van der Waals surface area contributed by atoms with Crippen molar-refractivity contribution >= 4 is 17.5 Å². The Hall–Kier alpha value is -1.89. The van der Waals surface area contributed by atoms with Crippen LogP contribution in [0, 0.1) is 0 Å². The highest BCUT2D eigenvalue weighted by molar-refractivity contribution is 5.84. The van der Waals surface area contributed by atoms with Crippen LogP contribution < -0.4 is 15.5 Å². The third-order valence-electron chi connectivity index (χ3n) is 5.99. The summed E-state index contributed by atoms with van der Waals surface area (Å²) in [6, 6.07) is 0.796. The SMILES string of the molecule is CN1CC(=O)N(C2CCCNCC2)Cc2c(NC3CCCC3)ncnc21. The normalized spacial score (nSPS) is 25.0. The molecule has 26 heavy (non-hydrogen) atoms. The molecule has 1 unspecified atom stereocenters.